The lowest BCUT2D eigenvalue weighted by atomic mass is 9.84. The van der Waals surface area contributed by atoms with Crippen LogP contribution in [0.4, 0.5) is 18.9 Å². The number of likely N-dealkylation sites (tertiary alicyclic amines) is 2. The van der Waals surface area contributed by atoms with Gasteiger partial charge >= 0.3 is 12.1 Å². The number of alkyl halides is 3. The minimum absolute atomic E-state index is 0.0166. The van der Waals surface area contributed by atoms with E-state index in [9.17, 15) is 32.7 Å². The molecule has 4 aliphatic heterocycles. The second-order valence-corrected chi connectivity index (χ2v) is 16.3. The summed E-state index contributed by atoms with van der Waals surface area (Å²) >= 11 is 0. The molecule has 4 aromatic rings. The molecule has 1 spiro atoms. The number of carbonyl (C=O) groups is 3. The van der Waals surface area contributed by atoms with Crippen molar-refractivity contribution in [2.24, 2.45) is 5.92 Å². The lowest BCUT2D eigenvalue weighted by Gasteiger charge is -2.46. The first kappa shape index (κ1) is 41.5. The van der Waals surface area contributed by atoms with Gasteiger partial charge in [-0.2, -0.15) is 13.2 Å². The number of piperidine rings is 1. The average Bonchev–Trinajstić information content (AvgIpc) is 3.89. The van der Waals surface area contributed by atoms with E-state index in [2.05, 4.69) is 39.5 Å². The first-order valence-electron chi connectivity index (χ1n) is 20.6. The van der Waals surface area contributed by atoms with Gasteiger partial charge in [-0.1, -0.05) is 91.9 Å². The Balaban J connectivity index is 0.950. The number of halogens is 3. The van der Waals surface area contributed by atoms with Gasteiger partial charge in [0.15, 0.2) is 6.29 Å². The number of para-hydroxylation sites is 1. The van der Waals surface area contributed by atoms with Gasteiger partial charge in [0.2, 0.25) is 11.8 Å². The summed E-state index contributed by atoms with van der Waals surface area (Å²) in [5, 5.41) is 15.5. The highest BCUT2D eigenvalue weighted by Crippen LogP contribution is 2.43. The maximum atomic E-state index is 13.3. The SMILES string of the molecule is C[C@H]1[C@@H](CN2CCC3(CC2)C(=O)NCN3c2ccccc2)O[C@@H](c2ccc(-c3cccc(CNC(=O)[C@@H]4CCCN4C(=O)C(F)(F)F)c3)cc2)O[C@H]1c1ccc(CO)cc1. The van der Waals surface area contributed by atoms with E-state index in [1.165, 1.54) is 0 Å². The summed E-state index contributed by atoms with van der Waals surface area (Å²) in [5.74, 6) is -2.54. The largest absolute Gasteiger partial charge is 0.471 e. The zero-order chi connectivity index (χ0) is 42.0. The maximum absolute atomic E-state index is 13.3. The van der Waals surface area contributed by atoms with Gasteiger partial charge in [-0.15, -0.1) is 0 Å². The van der Waals surface area contributed by atoms with Gasteiger partial charge in [0.05, 0.1) is 25.5 Å². The third kappa shape index (κ3) is 8.51. The minimum Gasteiger partial charge on any atom is -0.392 e. The number of benzene rings is 4. The topological polar surface area (TPSA) is 124 Å². The zero-order valence-corrected chi connectivity index (χ0v) is 33.4. The zero-order valence-electron chi connectivity index (χ0n) is 33.4. The fraction of sp³-hybridized carbons (Fsp3) is 0.413. The van der Waals surface area contributed by atoms with Crippen LogP contribution < -0.4 is 15.5 Å². The molecule has 0 bridgehead atoms. The van der Waals surface area contributed by atoms with Crippen molar-refractivity contribution in [3.63, 3.8) is 0 Å². The van der Waals surface area contributed by atoms with E-state index < -0.39 is 35.9 Å². The van der Waals surface area contributed by atoms with Crippen molar-refractivity contribution in [3.05, 3.63) is 125 Å². The lowest BCUT2D eigenvalue weighted by molar-refractivity contribution is -0.276. The number of amides is 3. The summed E-state index contributed by atoms with van der Waals surface area (Å²) in [6, 6.07) is 32.2. The molecule has 4 aromatic carbocycles. The van der Waals surface area contributed by atoms with E-state index in [4.69, 9.17) is 9.47 Å². The third-order valence-corrected chi connectivity index (χ3v) is 12.6. The molecule has 316 valence electrons. The summed E-state index contributed by atoms with van der Waals surface area (Å²) < 4.78 is 52.8. The molecule has 0 unspecified atom stereocenters. The standard InChI is InChI=1S/C46H50F3N5O6/c1-30-39(27-52-23-20-45(21-24-52)43(57)51-29-54(45)37-9-3-2-4-10-37)59-42(60-40(30)34-14-12-31(28-55)13-15-34)35-18-16-33(17-19-35)36-8-5-7-32(25-36)26-50-41(56)38-11-6-22-53(38)44(58)46(47,48)49/h2-5,7-10,12-19,25,30,38-40,42,55H,6,11,20-24,26-29H2,1H3,(H,50,56)(H,51,57)/t30-,38-,39+,40+,42+/m0/s1. The van der Waals surface area contributed by atoms with Crippen molar-refractivity contribution in [3.8, 4) is 11.1 Å². The molecule has 11 nitrogen and oxygen atoms in total. The second-order valence-electron chi connectivity index (χ2n) is 16.3. The quantitative estimate of drug-likeness (QED) is 0.172. The number of aliphatic hydroxyl groups is 1. The number of rotatable bonds is 10. The Morgan fingerprint density at radius 2 is 1.58 bits per heavy atom. The summed E-state index contributed by atoms with van der Waals surface area (Å²) in [7, 11) is 0. The highest BCUT2D eigenvalue weighted by atomic mass is 19.4. The predicted molar refractivity (Wildman–Crippen MR) is 218 cm³/mol. The number of hydrogen-bond donors (Lipinski definition) is 3. The molecule has 0 radical (unpaired) electrons. The Bertz CT molecular complexity index is 2150. The Morgan fingerprint density at radius 1 is 0.867 bits per heavy atom. The molecule has 0 aromatic heterocycles. The van der Waals surface area contributed by atoms with Crippen molar-refractivity contribution in [2.45, 2.75) is 82.0 Å². The van der Waals surface area contributed by atoms with Crippen LogP contribution in [-0.2, 0) is 37.0 Å². The van der Waals surface area contributed by atoms with Crippen LogP contribution in [0.2, 0.25) is 0 Å². The third-order valence-electron chi connectivity index (χ3n) is 12.6. The average molecular weight is 826 g/mol. The van der Waals surface area contributed by atoms with Gasteiger partial charge < -0.3 is 39.9 Å². The molecule has 4 fully saturated rings. The maximum Gasteiger partial charge on any atom is 0.471 e. The van der Waals surface area contributed by atoms with Gasteiger partial charge in [0.1, 0.15) is 11.6 Å². The van der Waals surface area contributed by atoms with Crippen LogP contribution in [0.3, 0.4) is 0 Å². The fourth-order valence-electron chi connectivity index (χ4n) is 9.17. The van der Waals surface area contributed by atoms with E-state index in [1.54, 1.807) is 0 Å². The van der Waals surface area contributed by atoms with Gasteiger partial charge in [-0.3, -0.25) is 14.4 Å². The molecule has 0 aliphatic carbocycles. The number of carbonyl (C=O) groups excluding carboxylic acids is 3. The molecule has 3 N–H and O–H groups in total. The smallest absolute Gasteiger partial charge is 0.392 e. The highest BCUT2D eigenvalue weighted by Gasteiger charge is 2.51. The summed E-state index contributed by atoms with van der Waals surface area (Å²) in [6.07, 6.45) is -4.30. The Labute approximate surface area is 347 Å². The van der Waals surface area contributed by atoms with Crippen molar-refractivity contribution in [1.82, 2.24) is 20.4 Å². The Kier molecular flexibility index (Phi) is 12.0. The molecule has 4 saturated heterocycles. The van der Waals surface area contributed by atoms with E-state index in [-0.39, 0.29) is 50.2 Å². The van der Waals surface area contributed by atoms with E-state index in [1.807, 2.05) is 91.0 Å². The molecule has 5 atom stereocenters. The van der Waals surface area contributed by atoms with Gasteiger partial charge in [0.25, 0.3) is 0 Å². The minimum atomic E-state index is -5.03. The molecular weight excluding hydrogens is 776 g/mol. The van der Waals surface area contributed by atoms with Gasteiger partial charge in [-0.05, 0) is 71.7 Å². The number of aliphatic hydroxyl groups excluding tert-OH is 1. The number of ether oxygens (including phenoxy) is 2. The number of anilines is 1. The summed E-state index contributed by atoms with van der Waals surface area (Å²) in [5.41, 5.74) is 5.63. The molecule has 4 aliphatic rings. The van der Waals surface area contributed by atoms with E-state index >= 15 is 0 Å². The monoisotopic (exact) mass is 825 g/mol. The van der Waals surface area contributed by atoms with Crippen LogP contribution in [0.1, 0.15) is 67.3 Å². The van der Waals surface area contributed by atoms with Crippen molar-refractivity contribution >= 4 is 23.4 Å². The molecular formula is C46H50F3N5O6. The lowest BCUT2D eigenvalue weighted by Crippen LogP contribution is -2.57. The number of hydrogen-bond acceptors (Lipinski definition) is 8. The first-order valence-corrected chi connectivity index (χ1v) is 20.6. The number of nitrogens with one attached hydrogen (secondary N) is 2. The van der Waals surface area contributed by atoms with Crippen LogP contribution in [0.5, 0.6) is 0 Å². The molecule has 4 heterocycles. The fourth-order valence-corrected chi connectivity index (χ4v) is 9.17. The van der Waals surface area contributed by atoms with E-state index in [0.29, 0.717) is 37.4 Å². The van der Waals surface area contributed by atoms with Crippen molar-refractivity contribution in [1.29, 1.82) is 0 Å². The first-order chi connectivity index (χ1) is 28.9. The van der Waals surface area contributed by atoms with Gasteiger partial charge in [-0.25, -0.2) is 0 Å². The Hall–Kier alpha value is -5.28. The van der Waals surface area contributed by atoms with E-state index in [0.717, 1.165) is 52.2 Å². The molecule has 3 amide bonds. The Morgan fingerprint density at radius 3 is 2.28 bits per heavy atom. The van der Waals surface area contributed by atoms with Crippen LogP contribution in [0.25, 0.3) is 11.1 Å². The van der Waals surface area contributed by atoms with Crippen LogP contribution in [0, 0.1) is 5.92 Å². The van der Waals surface area contributed by atoms with Crippen molar-refractivity contribution < 1.29 is 42.1 Å². The molecule has 0 saturated carbocycles. The molecule has 8 rings (SSSR count). The number of nitrogens with zero attached hydrogens (tertiary/aromatic N) is 3. The molecule has 14 heteroatoms. The second kappa shape index (κ2) is 17.4. The highest BCUT2D eigenvalue weighted by molar-refractivity contribution is 5.93. The van der Waals surface area contributed by atoms with Gasteiger partial charge in [0, 0.05) is 49.9 Å². The van der Waals surface area contributed by atoms with Crippen LogP contribution in [-0.4, -0.2) is 89.3 Å². The van der Waals surface area contributed by atoms with Crippen LogP contribution in [0.15, 0.2) is 103 Å². The van der Waals surface area contributed by atoms with Crippen LogP contribution >= 0.6 is 0 Å². The predicted octanol–water partition coefficient (Wildman–Crippen LogP) is 6.24. The summed E-state index contributed by atoms with van der Waals surface area (Å²) in [4.78, 5) is 43.3. The molecule has 60 heavy (non-hydrogen) atoms. The summed E-state index contributed by atoms with van der Waals surface area (Å²) in [6.45, 7) is 4.70. The van der Waals surface area contributed by atoms with Crippen molar-refractivity contribution in [2.75, 3.05) is 37.7 Å². The normalized spacial score (nSPS) is 24.4.